The molecule has 0 amide bonds. The monoisotopic (exact) mass is 407 g/mol. The van der Waals surface area contributed by atoms with Gasteiger partial charge in [-0.05, 0) is 43.1 Å². The molecule has 0 radical (unpaired) electrons. The minimum atomic E-state index is -0.170. The minimum Gasteiger partial charge on any atom is -0.335 e. The van der Waals surface area contributed by atoms with Crippen LogP contribution >= 0.6 is 0 Å². The highest BCUT2D eigenvalue weighted by atomic mass is 16.1. The maximum absolute atomic E-state index is 13.3. The van der Waals surface area contributed by atoms with Crippen LogP contribution in [-0.2, 0) is 0 Å². The summed E-state index contributed by atoms with van der Waals surface area (Å²) in [6.07, 6.45) is 5.26. The summed E-state index contributed by atoms with van der Waals surface area (Å²) in [7, 11) is 1.91. The molecule has 2 N–H and O–H groups in total. The number of ketones is 1. The van der Waals surface area contributed by atoms with Gasteiger partial charge in [0.25, 0.3) is 0 Å². The number of rotatable bonds is 5. The number of H-pyrrole nitrogens is 1. The van der Waals surface area contributed by atoms with Crippen molar-refractivity contribution in [3.05, 3.63) is 90.1 Å². The summed E-state index contributed by atoms with van der Waals surface area (Å²) in [4.78, 5) is 29.9. The van der Waals surface area contributed by atoms with Crippen LogP contribution in [-0.4, -0.2) is 32.8 Å². The second kappa shape index (κ2) is 7.74. The van der Waals surface area contributed by atoms with Gasteiger partial charge in [0.2, 0.25) is 5.78 Å². The molecule has 6 nitrogen and oxygen atoms in total. The molecule has 0 aliphatic rings. The zero-order valence-electron chi connectivity index (χ0n) is 17.3. The van der Waals surface area contributed by atoms with Gasteiger partial charge in [0.15, 0.2) is 5.82 Å². The molecule has 0 bridgehead atoms. The number of pyridine rings is 2. The fraction of sp³-hybridized carbons (Fsp3) is 0.120. The summed E-state index contributed by atoms with van der Waals surface area (Å²) in [5.74, 6) is 0.148. The van der Waals surface area contributed by atoms with Crippen LogP contribution in [0.1, 0.15) is 34.7 Å². The van der Waals surface area contributed by atoms with E-state index in [1.165, 1.54) is 0 Å². The third-order valence-corrected chi connectivity index (χ3v) is 5.62. The fourth-order valence-electron chi connectivity index (χ4n) is 3.84. The molecule has 0 saturated heterocycles. The Morgan fingerprint density at radius 3 is 2.81 bits per heavy atom. The van der Waals surface area contributed by atoms with Gasteiger partial charge in [-0.3, -0.25) is 14.8 Å². The molecule has 2 aromatic carbocycles. The smallest absolute Gasteiger partial charge is 0.228 e. The summed E-state index contributed by atoms with van der Waals surface area (Å²) >= 11 is 0. The number of nitrogens with zero attached hydrogens (tertiary/aromatic N) is 3. The average Bonchev–Trinajstić information content (AvgIpc) is 3.27. The Morgan fingerprint density at radius 1 is 1.06 bits per heavy atom. The molecule has 6 heteroatoms. The van der Waals surface area contributed by atoms with Gasteiger partial charge in [-0.25, -0.2) is 4.98 Å². The van der Waals surface area contributed by atoms with E-state index in [1.807, 2.05) is 55.7 Å². The van der Waals surface area contributed by atoms with Gasteiger partial charge in [-0.2, -0.15) is 0 Å². The lowest BCUT2D eigenvalue weighted by Gasteiger charge is -2.10. The Morgan fingerprint density at radius 2 is 1.94 bits per heavy atom. The number of hydrogen-bond donors (Lipinski definition) is 2. The van der Waals surface area contributed by atoms with Crippen LogP contribution in [0.25, 0.3) is 33.1 Å². The molecule has 0 aliphatic heterocycles. The number of aromatic amines is 1. The zero-order valence-corrected chi connectivity index (χ0v) is 17.3. The van der Waals surface area contributed by atoms with E-state index in [4.69, 9.17) is 0 Å². The normalized spacial score (nSPS) is 12.3. The van der Waals surface area contributed by atoms with Crippen molar-refractivity contribution >= 4 is 27.6 Å². The van der Waals surface area contributed by atoms with E-state index in [1.54, 1.807) is 24.5 Å². The first-order valence-electron chi connectivity index (χ1n) is 10.2. The lowest BCUT2D eigenvalue weighted by Crippen LogP contribution is -2.12. The summed E-state index contributed by atoms with van der Waals surface area (Å²) in [5.41, 5.74) is 4.82. The average molecular weight is 407 g/mol. The molecular formula is C25H21N5O. The van der Waals surface area contributed by atoms with Crippen LogP contribution in [0.2, 0.25) is 0 Å². The number of carbonyl (C=O) groups excluding carboxylic acids is 1. The second-order valence-electron chi connectivity index (χ2n) is 7.51. The quantitative estimate of drug-likeness (QED) is 0.413. The molecular weight excluding hydrogens is 386 g/mol. The summed E-state index contributed by atoms with van der Waals surface area (Å²) in [5, 5.41) is 5.31. The van der Waals surface area contributed by atoms with Crippen molar-refractivity contribution in [2.75, 3.05) is 7.05 Å². The number of hydrogen-bond acceptors (Lipinski definition) is 5. The van der Waals surface area contributed by atoms with Crippen molar-refractivity contribution in [1.82, 2.24) is 25.3 Å². The van der Waals surface area contributed by atoms with Crippen LogP contribution in [0.4, 0.5) is 0 Å². The lowest BCUT2D eigenvalue weighted by atomic mass is 10.0. The summed E-state index contributed by atoms with van der Waals surface area (Å²) < 4.78 is 0. The lowest BCUT2D eigenvalue weighted by molar-refractivity contribution is 0.103. The molecule has 0 aliphatic carbocycles. The molecule has 3 heterocycles. The van der Waals surface area contributed by atoms with Crippen molar-refractivity contribution in [1.29, 1.82) is 0 Å². The SMILES string of the molecule is CNC(C)c1cccc2[nH]c(C(=O)c3ccnc(-c4cncc5ccccc45)c3)nc12. The van der Waals surface area contributed by atoms with Crippen molar-refractivity contribution < 1.29 is 4.79 Å². The van der Waals surface area contributed by atoms with Crippen LogP contribution < -0.4 is 5.32 Å². The van der Waals surface area contributed by atoms with E-state index < -0.39 is 0 Å². The standard InChI is InChI=1S/C25H21N5O/c1-15(26-2)18-8-5-9-21-23(18)30-25(29-21)24(31)16-10-11-28-22(12-16)20-14-27-13-17-6-3-4-7-19(17)20/h3-15,26H,1-2H3,(H,29,30). The Kier molecular flexibility index (Phi) is 4.76. The molecule has 1 unspecified atom stereocenters. The highest BCUT2D eigenvalue weighted by Crippen LogP contribution is 2.27. The van der Waals surface area contributed by atoms with Crippen LogP contribution in [0.5, 0.6) is 0 Å². The molecule has 152 valence electrons. The Hall–Kier alpha value is -3.90. The molecule has 0 fully saturated rings. The number of nitrogens with one attached hydrogen (secondary N) is 2. The number of benzene rings is 2. The first kappa shape index (κ1) is 19.1. The molecule has 31 heavy (non-hydrogen) atoms. The number of carbonyl (C=O) groups is 1. The maximum Gasteiger partial charge on any atom is 0.228 e. The minimum absolute atomic E-state index is 0.126. The number of fused-ring (bicyclic) bond motifs is 2. The largest absolute Gasteiger partial charge is 0.335 e. The topological polar surface area (TPSA) is 83.6 Å². The van der Waals surface area contributed by atoms with E-state index in [2.05, 4.69) is 32.2 Å². The van der Waals surface area contributed by atoms with E-state index in [-0.39, 0.29) is 11.8 Å². The summed E-state index contributed by atoms with van der Waals surface area (Å²) in [6, 6.07) is 17.6. The van der Waals surface area contributed by atoms with Gasteiger partial charge in [0, 0.05) is 41.1 Å². The first-order chi connectivity index (χ1) is 15.2. The molecule has 3 aromatic heterocycles. The van der Waals surface area contributed by atoms with Crippen molar-refractivity contribution in [2.45, 2.75) is 13.0 Å². The Bertz CT molecular complexity index is 1420. The van der Waals surface area contributed by atoms with Gasteiger partial charge in [0.1, 0.15) is 0 Å². The van der Waals surface area contributed by atoms with E-state index in [9.17, 15) is 4.79 Å². The van der Waals surface area contributed by atoms with Crippen molar-refractivity contribution in [3.8, 4) is 11.3 Å². The first-order valence-corrected chi connectivity index (χ1v) is 10.2. The summed E-state index contributed by atoms with van der Waals surface area (Å²) in [6.45, 7) is 2.07. The van der Waals surface area contributed by atoms with Gasteiger partial charge < -0.3 is 10.3 Å². The zero-order chi connectivity index (χ0) is 21.4. The third-order valence-electron chi connectivity index (χ3n) is 5.62. The maximum atomic E-state index is 13.3. The van der Waals surface area contributed by atoms with Gasteiger partial charge in [-0.15, -0.1) is 0 Å². The van der Waals surface area contributed by atoms with Gasteiger partial charge in [-0.1, -0.05) is 36.4 Å². The Labute approximate surface area is 179 Å². The van der Waals surface area contributed by atoms with Crippen LogP contribution in [0.15, 0.2) is 73.2 Å². The number of aromatic nitrogens is 4. The molecule has 1 atom stereocenters. The van der Waals surface area contributed by atoms with Crippen molar-refractivity contribution in [3.63, 3.8) is 0 Å². The second-order valence-corrected chi connectivity index (χ2v) is 7.51. The van der Waals surface area contributed by atoms with E-state index in [0.29, 0.717) is 17.1 Å². The Balaban J connectivity index is 1.57. The van der Waals surface area contributed by atoms with Gasteiger partial charge >= 0.3 is 0 Å². The number of imidazole rings is 1. The highest BCUT2D eigenvalue weighted by molar-refractivity contribution is 6.09. The third kappa shape index (κ3) is 3.37. The van der Waals surface area contributed by atoms with Crippen LogP contribution in [0, 0.1) is 0 Å². The van der Waals surface area contributed by atoms with Crippen molar-refractivity contribution in [2.24, 2.45) is 0 Å². The van der Waals surface area contributed by atoms with Crippen LogP contribution in [0.3, 0.4) is 0 Å². The molecule has 5 aromatic rings. The number of para-hydroxylation sites is 1. The predicted octanol–water partition coefficient (Wildman–Crippen LogP) is 4.68. The van der Waals surface area contributed by atoms with E-state index in [0.717, 1.165) is 32.9 Å². The molecule has 0 spiro atoms. The van der Waals surface area contributed by atoms with Gasteiger partial charge in [0.05, 0.1) is 16.7 Å². The fourth-order valence-corrected chi connectivity index (χ4v) is 3.84. The predicted molar refractivity (Wildman–Crippen MR) is 122 cm³/mol. The highest BCUT2D eigenvalue weighted by Gasteiger charge is 2.18. The van der Waals surface area contributed by atoms with E-state index >= 15 is 0 Å². The molecule has 0 saturated carbocycles. The molecule has 5 rings (SSSR count).